The summed E-state index contributed by atoms with van der Waals surface area (Å²) >= 11 is 5.26. The van der Waals surface area contributed by atoms with Gasteiger partial charge in [0, 0.05) is 9.37 Å². The monoisotopic (exact) mass is 256 g/mol. The van der Waals surface area contributed by atoms with E-state index in [4.69, 9.17) is 0 Å². The normalized spacial score (nSPS) is 12.5. The molecule has 1 aromatic rings. The molecule has 0 amide bonds. The SMILES string of the molecule is C=CC(C)c1cc(Br)cc(SC)c1. The maximum absolute atomic E-state index is 3.80. The Morgan fingerprint density at radius 1 is 1.46 bits per heavy atom. The van der Waals surface area contributed by atoms with Gasteiger partial charge in [-0.1, -0.05) is 28.9 Å². The zero-order chi connectivity index (χ0) is 9.84. The van der Waals surface area contributed by atoms with Gasteiger partial charge in [-0.2, -0.15) is 0 Å². The first-order chi connectivity index (χ1) is 6.17. The summed E-state index contributed by atoms with van der Waals surface area (Å²) in [6.07, 6.45) is 4.05. The third kappa shape index (κ3) is 2.89. The first kappa shape index (κ1) is 10.9. The van der Waals surface area contributed by atoms with E-state index in [9.17, 15) is 0 Å². The van der Waals surface area contributed by atoms with Gasteiger partial charge in [-0.05, 0) is 35.9 Å². The summed E-state index contributed by atoms with van der Waals surface area (Å²) in [7, 11) is 0. The molecule has 2 heteroatoms. The second-order valence-corrected chi connectivity index (χ2v) is 4.74. The third-order valence-electron chi connectivity index (χ3n) is 2.01. The molecule has 0 bridgehead atoms. The van der Waals surface area contributed by atoms with Gasteiger partial charge in [0.05, 0.1) is 0 Å². The molecule has 0 aliphatic carbocycles. The molecular weight excluding hydrogens is 244 g/mol. The molecule has 0 N–H and O–H groups in total. The Bertz CT molecular complexity index is 307. The highest BCUT2D eigenvalue weighted by molar-refractivity contribution is 9.10. The van der Waals surface area contributed by atoms with Crippen LogP contribution >= 0.6 is 27.7 Å². The van der Waals surface area contributed by atoms with E-state index in [1.165, 1.54) is 10.5 Å². The van der Waals surface area contributed by atoms with Crippen molar-refractivity contribution in [2.24, 2.45) is 0 Å². The van der Waals surface area contributed by atoms with Gasteiger partial charge in [-0.25, -0.2) is 0 Å². The van der Waals surface area contributed by atoms with Crippen molar-refractivity contribution < 1.29 is 0 Å². The predicted molar refractivity (Wildman–Crippen MR) is 64.5 cm³/mol. The van der Waals surface area contributed by atoms with E-state index < -0.39 is 0 Å². The summed E-state index contributed by atoms with van der Waals surface area (Å²) in [6.45, 7) is 5.95. The molecule has 0 saturated heterocycles. The van der Waals surface area contributed by atoms with Crippen molar-refractivity contribution in [1.29, 1.82) is 0 Å². The van der Waals surface area contributed by atoms with Crippen LogP contribution in [0.15, 0.2) is 40.2 Å². The van der Waals surface area contributed by atoms with Crippen LogP contribution in [0.3, 0.4) is 0 Å². The Morgan fingerprint density at radius 3 is 2.69 bits per heavy atom. The zero-order valence-electron chi connectivity index (χ0n) is 7.88. The van der Waals surface area contributed by atoms with E-state index in [0.717, 1.165) is 4.47 Å². The Labute approximate surface area is 92.6 Å². The molecule has 1 aromatic carbocycles. The number of benzene rings is 1. The summed E-state index contributed by atoms with van der Waals surface area (Å²) in [4.78, 5) is 1.29. The lowest BCUT2D eigenvalue weighted by Gasteiger charge is -2.08. The van der Waals surface area contributed by atoms with E-state index in [1.807, 2.05) is 6.08 Å². The van der Waals surface area contributed by atoms with Crippen molar-refractivity contribution in [2.75, 3.05) is 6.26 Å². The van der Waals surface area contributed by atoms with Gasteiger partial charge in [0.25, 0.3) is 0 Å². The van der Waals surface area contributed by atoms with Crippen LogP contribution in [0.25, 0.3) is 0 Å². The van der Waals surface area contributed by atoms with Gasteiger partial charge >= 0.3 is 0 Å². The minimum Gasteiger partial charge on any atom is -0.130 e. The van der Waals surface area contributed by atoms with Crippen LogP contribution in [0.5, 0.6) is 0 Å². The molecule has 1 rings (SSSR count). The molecule has 0 heterocycles. The standard InChI is InChI=1S/C11H13BrS/c1-4-8(2)9-5-10(12)7-11(6-9)13-3/h4-8H,1H2,2-3H3. The lowest BCUT2D eigenvalue weighted by atomic mass is 10.0. The van der Waals surface area contributed by atoms with Gasteiger partial charge in [-0.15, -0.1) is 18.3 Å². The van der Waals surface area contributed by atoms with Crippen LogP contribution in [0.1, 0.15) is 18.4 Å². The summed E-state index contributed by atoms with van der Waals surface area (Å²) in [5.74, 6) is 0.420. The van der Waals surface area contributed by atoms with Gasteiger partial charge in [0.2, 0.25) is 0 Å². The molecule has 0 saturated carbocycles. The van der Waals surface area contributed by atoms with E-state index in [2.05, 4.69) is 53.9 Å². The van der Waals surface area contributed by atoms with Gasteiger partial charge in [0.15, 0.2) is 0 Å². The quantitative estimate of drug-likeness (QED) is 0.569. The number of hydrogen-bond acceptors (Lipinski definition) is 1. The summed E-state index contributed by atoms with van der Waals surface area (Å²) in [5.41, 5.74) is 1.31. The average molecular weight is 257 g/mol. The van der Waals surface area contributed by atoms with E-state index in [0.29, 0.717) is 5.92 Å². The molecule has 0 aromatic heterocycles. The van der Waals surface area contributed by atoms with Gasteiger partial charge in [-0.3, -0.25) is 0 Å². The summed E-state index contributed by atoms with van der Waals surface area (Å²) in [5, 5.41) is 0. The molecule has 0 aliphatic heterocycles. The third-order valence-corrected chi connectivity index (χ3v) is 3.17. The van der Waals surface area contributed by atoms with E-state index in [1.54, 1.807) is 11.8 Å². The highest BCUT2D eigenvalue weighted by Gasteiger charge is 2.03. The lowest BCUT2D eigenvalue weighted by molar-refractivity contribution is 0.962. The van der Waals surface area contributed by atoms with Gasteiger partial charge < -0.3 is 0 Å². The average Bonchev–Trinajstić information content (AvgIpc) is 2.15. The highest BCUT2D eigenvalue weighted by Crippen LogP contribution is 2.27. The maximum atomic E-state index is 3.80. The fraction of sp³-hybridized carbons (Fsp3) is 0.273. The Balaban J connectivity index is 3.07. The van der Waals surface area contributed by atoms with E-state index >= 15 is 0 Å². The van der Waals surface area contributed by atoms with Crippen LogP contribution in [0.4, 0.5) is 0 Å². The molecule has 0 fully saturated rings. The van der Waals surface area contributed by atoms with Crippen LogP contribution in [0.2, 0.25) is 0 Å². The van der Waals surface area contributed by atoms with Crippen molar-refractivity contribution in [1.82, 2.24) is 0 Å². The number of thioether (sulfide) groups is 1. The largest absolute Gasteiger partial charge is 0.130 e. The van der Waals surface area contributed by atoms with Crippen LogP contribution in [-0.4, -0.2) is 6.26 Å². The second kappa shape index (κ2) is 4.87. The molecule has 1 unspecified atom stereocenters. The van der Waals surface area contributed by atoms with Crippen molar-refractivity contribution in [3.8, 4) is 0 Å². The highest BCUT2D eigenvalue weighted by atomic mass is 79.9. The Hall–Kier alpha value is -0.210. The van der Waals surface area contributed by atoms with Crippen molar-refractivity contribution in [3.05, 3.63) is 40.9 Å². The number of halogens is 1. The second-order valence-electron chi connectivity index (χ2n) is 2.95. The minimum absolute atomic E-state index is 0.420. The molecule has 70 valence electrons. The molecule has 0 aliphatic rings. The lowest BCUT2D eigenvalue weighted by Crippen LogP contribution is -1.88. The maximum Gasteiger partial charge on any atom is 0.0189 e. The number of allylic oxidation sites excluding steroid dienone is 1. The van der Waals surface area contributed by atoms with Crippen molar-refractivity contribution >= 4 is 27.7 Å². The van der Waals surface area contributed by atoms with Crippen molar-refractivity contribution in [2.45, 2.75) is 17.7 Å². The zero-order valence-corrected chi connectivity index (χ0v) is 10.3. The van der Waals surface area contributed by atoms with Crippen LogP contribution in [0, 0.1) is 0 Å². The molecule has 0 spiro atoms. The Morgan fingerprint density at radius 2 is 2.15 bits per heavy atom. The fourth-order valence-electron chi connectivity index (χ4n) is 1.10. The molecular formula is C11H13BrS. The first-order valence-corrected chi connectivity index (χ1v) is 6.16. The summed E-state index contributed by atoms with van der Waals surface area (Å²) < 4.78 is 1.14. The molecule has 13 heavy (non-hydrogen) atoms. The topological polar surface area (TPSA) is 0 Å². The molecule has 1 atom stereocenters. The molecule has 0 radical (unpaired) electrons. The van der Waals surface area contributed by atoms with Crippen molar-refractivity contribution in [3.63, 3.8) is 0 Å². The van der Waals surface area contributed by atoms with Crippen LogP contribution in [-0.2, 0) is 0 Å². The number of rotatable bonds is 3. The predicted octanol–water partition coefficient (Wildman–Crippen LogP) is 4.46. The molecule has 0 nitrogen and oxygen atoms in total. The fourth-order valence-corrected chi connectivity index (χ4v) is 2.26. The summed E-state index contributed by atoms with van der Waals surface area (Å²) in [6, 6.07) is 6.48. The van der Waals surface area contributed by atoms with Gasteiger partial charge in [0.1, 0.15) is 0 Å². The Kier molecular flexibility index (Phi) is 4.07. The smallest absolute Gasteiger partial charge is 0.0189 e. The number of hydrogen-bond donors (Lipinski definition) is 0. The van der Waals surface area contributed by atoms with E-state index in [-0.39, 0.29) is 0 Å². The minimum atomic E-state index is 0.420. The first-order valence-electron chi connectivity index (χ1n) is 4.14. The van der Waals surface area contributed by atoms with Crippen LogP contribution < -0.4 is 0 Å².